The SMILES string of the molecule is FC(F)(F)c1ccc(-c2noc(C(c3ccccc3)C3CCCC3)n2)cc1. The molecule has 0 aliphatic heterocycles. The van der Waals surface area contributed by atoms with Gasteiger partial charge in [-0.25, -0.2) is 0 Å². The molecule has 0 amide bonds. The Morgan fingerprint density at radius 1 is 0.926 bits per heavy atom. The van der Waals surface area contributed by atoms with E-state index in [1.165, 1.54) is 25.0 Å². The molecule has 1 aromatic heterocycles. The van der Waals surface area contributed by atoms with E-state index in [0.29, 0.717) is 23.2 Å². The Morgan fingerprint density at radius 3 is 2.22 bits per heavy atom. The summed E-state index contributed by atoms with van der Waals surface area (Å²) in [6.45, 7) is 0. The van der Waals surface area contributed by atoms with Crippen LogP contribution in [0, 0.1) is 5.92 Å². The maximum absolute atomic E-state index is 12.7. The van der Waals surface area contributed by atoms with Gasteiger partial charge in [0.25, 0.3) is 0 Å². The molecule has 140 valence electrons. The van der Waals surface area contributed by atoms with Gasteiger partial charge in [-0.05, 0) is 36.5 Å². The lowest BCUT2D eigenvalue weighted by molar-refractivity contribution is -0.137. The molecule has 3 aromatic rings. The summed E-state index contributed by atoms with van der Waals surface area (Å²) in [5.41, 5.74) is 0.950. The zero-order chi connectivity index (χ0) is 18.9. The normalized spacial score (nSPS) is 16.6. The number of hydrogen-bond acceptors (Lipinski definition) is 3. The van der Waals surface area contributed by atoms with Crippen LogP contribution >= 0.6 is 0 Å². The molecular formula is C21H19F3N2O. The van der Waals surface area contributed by atoms with Gasteiger partial charge in [-0.1, -0.05) is 60.5 Å². The third-order valence-corrected chi connectivity index (χ3v) is 5.21. The van der Waals surface area contributed by atoms with E-state index in [-0.39, 0.29) is 5.92 Å². The van der Waals surface area contributed by atoms with E-state index < -0.39 is 11.7 Å². The molecule has 0 spiro atoms. The van der Waals surface area contributed by atoms with Crippen LogP contribution in [0.4, 0.5) is 13.2 Å². The molecule has 2 aromatic carbocycles. The lowest BCUT2D eigenvalue weighted by atomic mass is 9.85. The Labute approximate surface area is 155 Å². The summed E-state index contributed by atoms with van der Waals surface area (Å²) in [6, 6.07) is 14.9. The van der Waals surface area contributed by atoms with Crippen LogP contribution in [0.2, 0.25) is 0 Å². The Hall–Kier alpha value is -2.63. The zero-order valence-electron chi connectivity index (χ0n) is 14.6. The van der Waals surface area contributed by atoms with Crippen molar-refractivity contribution in [3.05, 3.63) is 71.6 Å². The van der Waals surface area contributed by atoms with Crippen molar-refractivity contribution >= 4 is 0 Å². The molecule has 1 saturated carbocycles. The Kier molecular flexibility index (Phi) is 4.72. The average Bonchev–Trinajstić information content (AvgIpc) is 3.35. The van der Waals surface area contributed by atoms with Gasteiger partial charge in [0.2, 0.25) is 11.7 Å². The minimum Gasteiger partial charge on any atom is -0.338 e. The molecule has 0 saturated heterocycles. The fourth-order valence-electron chi connectivity index (χ4n) is 3.85. The molecule has 1 aliphatic carbocycles. The summed E-state index contributed by atoms with van der Waals surface area (Å²) in [5, 5.41) is 4.03. The first kappa shape index (κ1) is 17.8. The highest BCUT2D eigenvalue weighted by atomic mass is 19.4. The summed E-state index contributed by atoms with van der Waals surface area (Å²) in [7, 11) is 0. The average molecular weight is 372 g/mol. The van der Waals surface area contributed by atoms with Gasteiger partial charge in [-0.2, -0.15) is 18.2 Å². The summed E-state index contributed by atoms with van der Waals surface area (Å²) in [4.78, 5) is 4.53. The third-order valence-electron chi connectivity index (χ3n) is 5.21. The number of alkyl halides is 3. The largest absolute Gasteiger partial charge is 0.416 e. The number of aromatic nitrogens is 2. The Bertz CT molecular complexity index is 882. The molecule has 0 N–H and O–H groups in total. The van der Waals surface area contributed by atoms with Gasteiger partial charge in [-0.3, -0.25) is 0 Å². The highest BCUT2D eigenvalue weighted by Gasteiger charge is 2.33. The zero-order valence-corrected chi connectivity index (χ0v) is 14.6. The highest BCUT2D eigenvalue weighted by molar-refractivity contribution is 5.55. The maximum atomic E-state index is 12.7. The topological polar surface area (TPSA) is 38.9 Å². The predicted octanol–water partition coefficient (Wildman–Crippen LogP) is 6.08. The Balaban J connectivity index is 1.65. The fraction of sp³-hybridized carbons (Fsp3) is 0.333. The summed E-state index contributed by atoms with van der Waals surface area (Å²) in [6.07, 6.45) is 0.235. The molecule has 1 fully saturated rings. The minimum atomic E-state index is -4.36. The van der Waals surface area contributed by atoms with Crippen LogP contribution in [-0.2, 0) is 6.18 Å². The molecule has 1 atom stereocenters. The van der Waals surface area contributed by atoms with E-state index >= 15 is 0 Å². The molecular weight excluding hydrogens is 353 g/mol. The minimum absolute atomic E-state index is 0.0180. The van der Waals surface area contributed by atoms with Crippen LogP contribution in [0.1, 0.15) is 48.6 Å². The third kappa shape index (κ3) is 3.75. The molecule has 27 heavy (non-hydrogen) atoms. The monoisotopic (exact) mass is 372 g/mol. The summed E-state index contributed by atoms with van der Waals surface area (Å²) < 4.78 is 43.8. The van der Waals surface area contributed by atoms with Crippen LogP contribution in [0.25, 0.3) is 11.4 Å². The predicted molar refractivity (Wildman–Crippen MR) is 95.0 cm³/mol. The van der Waals surface area contributed by atoms with E-state index in [1.54, 1.807) is 0 Å². The second kappa shape index (κ2) is 7.18. The van der Waals surface area contributed by atoms with Crippen molar-refractivity contribution in [3.8, 4) is 11.4 Å². The number of nitrogens with zero attached hydrogens (tertiary/aromatic N) is 2. The van der Waals surface area contributed by atoms with Gasteiger partial charge in [-0.15, -0.1) is 0 Å². The van der Waals surface area contributed by atoms with Crippen LogP contribution in [0.5, 0.6) is 0 Å². The van der Waals surface area contributed by atoms with E-state index in [9.17, 15) is 13.2 Å². The lowest BCUT2D eigenvalue weighted by Crippen LogP contribution is -2.12. The second-order valence-corrected chi connectivity index (χ2v) is 6.96. The first-order chi connectivity index (χ1) is 13.0. The van der Waals surface area contributed by atoms with Gasteiger partial charge < -0.3 is 4.52 Å². The first-order valence-corrected chi connectivity index (χ1v) is 9.08. The molecule has 1 aliphatic rings. The molecule has 4 rings (SSSR count). The molecule has 3 nitrogen and oxygen atoms in total. The second-order valence-electron chi connectivity index (χ2n) is 6.96. The molecule has 1 heterocycles. The van der Waals surface area contributed by atoms with E-state index in [2.05, 4.69) is 22.3 Å². The van der Waals surface area contributed by atoms with Crippen LogP contribution < -0.4 is 0 Å². The van der Waals surface area contributed by atoms with Crippen molar-refractivity contribution in [1.82, 2.24) is 10.1 Å². The number of halogens is 3. The van der Waals surface area contributed by atoms with Gasteiger partial charge in [0.15, 0.2) is 0 Å². The van der Waals surface area contributed by atoms with E-state index in [1.807, 2.05) is 18.2 Å². The standard InChI is InChI=1S/C21H19F3N2O/c22-21(23,24)17-12-10-16(11-13-17)19-25-20(27-26-19)18(15-8-4-5-9-15)14-6-2-1-3-7-14/h1-3,6-7,10-13,15,18H,4-5,8-9H2. The van der Waals surface area contributed by atoms with Crippen molar-refractivity contribution in [2.24, 2.45) is 5.92 Å². The van der Waals surface area contributed by atoms with Crippen LogP contribution in [0.3, 0.4) is 0 Å². The maximum Gasteiger partial charge on any atom is 0.416 e. The highest BCUT2D eigenvalue weighted by Crippen LogP contribution is 2.41. The quantitative estimate of drug-likeness (QED) is 0.557. The molecule has 6 heteroatoms. The molecule has 1 unspecified atom stereocenters. The number of hydrogen-bond donors (Lipinski definition) is 0. The first-order valence-electron chi connectivity index (χ1n) is 9.08. The summed E-state index contributed by atoms with van der Waals surface area (Å²) in [5.74, 6) is 1.30. The van der Waals surface area contributed by atoms with Gasteiger partial charge in [0, 0.05) is 5.56 Å². The van der Waals surface area contributed by atoms with Crippen LogP contribution in [0.15, 0.2) is 59.1 Å². The summed E-state index contributed by atoms with van der Waals surface area (Å²) >= 11 is 0. The molecule has 0 bridgehead atoms. The lowest BCUT2D eigenvalue weighted by Gasteiger charge is -2.20. The van der Waals surface area contributed by atoms with Crippen LogP contribution in [-0.4, -0.2) is 10.1 Å². The van der Waals surface area contributed by atoms with E-state index in [0.717, 1.165) is 30.5 Å². The molecule has 0 radical (unpaired) electrons. The van der Waals surface area contributed by atoms with Crippen molar-refractivity contribution in [2.45, 2.75) is 37.8 Å². The Morgan fingerprint density at radius 2 is 1.59 bits per heavy atom. The number of benzene rings is 2. The van der Waals surface area contributed by atoms with E-state index in [4.69, 9.17) is 4.52 Å². The van der Waals surface area contributed by atoms with Crippen molar-refractivity contribution in [1.29, 1.82) is 0 Å². The van der Waals surface area contributed by atoms with Gasteiger partial charge in [0.1, 0.15) is 0 Å². The van der Waals surface area contributed by atoms with Crippen molar-refractivity contribution < 1.29 is 17.7 Å². The number of rotatable bonds is 4. The van der Waals surface area contributed by atoms with Crippen molar-refractivity contribution in [3.63, 3.8) is 0 Å². The van der Waals surface area contributed by atoms with Crippen molar-refractivity contribution in [2.75, 3.05) is 0 Å². The van der Waals surface area contributed by atoms with Gasteiger partial charge >= 0.3 is 6.18 Å². The smallest absolute Gasteiger partial charge is 0.338 e. The fourth-order valence-corrected chi connectivity index (χ4v) is 3.85. The van der Waals surface area contributed by atoms with Gasteiger partial charge in [0.05, 0.1) is 11.5 Å².